The number of halogens is 1. The number of fused-ring (bicyclic) bond motifs is 1. The summed E-state index contributed by atoms with van der Waals surface area (Å²) in [6, 6.07) is 19.7. The lowest BCUT2D eigenvalue weighted by Gasteiger charge is -2.24. The van der Waals surface area contributed by atoms with Gasteiger partial charge in [0.1, 0.15) is 18.1 Å². The van der Waals surface area contributed by atoms with E-state index in [2.05, 4.69) is 5.32 Å². The summed E-state index contributed by atoms with van der Waals surface area (Å²) < 4.78 is 7.51. The molecule has 1 fully saturated rings. The predicted octanol–water partition coefficient (Wildman–Crippen LogP) is 6.03. The second-order valence-electron chi connectivity index (χ2n) is 9.89. The quantitative estimate of drug-likeness (QED) is 0.284. The number of rotatable bonds is 7. The summed E-state index contributed by atoms with van der Waals surface area (Å²) in [5.41, 5.74) is 4.43. The number of nitrogens with zero attached hydrogens (tertiary/aromatic N) is 3. The molecule has 206 valence electrons. The SMILES string of the molecule is Cc1ccccc1-n1nc(-c2cccs2)c2c1N(CC(=O)NC[C@H]1CCCO1)C(=O)CS[C@H]2c1ccccc1Cl. The molecular weight excluding hydrogens is 564 g/mol. The van der Waals surface area contributed by atoms with Gasteiger partial charge in [-0.3, -0.25) is 14.5 Å². The third-order valence-electron chi connectivity index (χ3n) is 7.23. The molecule has 6 rings (SSSR count). The number of ether oxygens (including phenoxy) is 1. The number of carbonyl (C=O) groups excluding carboxylic acids is 2. The van der Waals surface area contributed by atoms with Crippen LogP contribution in [0, 0.1) is 6.92 Å². The maximum absolute atomic E-state index is 13.8. The van der Waals surface area contributed by atoms with E-state index < -0.39 is 0 Å². The Labute approximate surface area is 246 Å². The number of hydrogen-bond acceptors (Lipinski definition) is 6. The molecule has 0 unspecified atom stereocenters. The van der Waals surface area contributed by atoms with Gasteiger partial charge in [0.15, 0.2) is 0 Å². The van der Waals surface area contributed by atoms with Crippen LogP contribution in [0.1, 0.15) is 34.8 Å². The van der Waals surface area contributed by atoms with Gasteiger partial charge in [0.05, 0.1) is 27.7 Å². The van der Waals surface area contributed by atoms with E-state index in [1.54, 1.807) is 16.2 Å². The summed E-state index contributed by atoms with van der Waals surface area (Å²) in [6.45, 7) is 3.06. The van der Waals surface area contributed by atoms with Gasteiger partial charge in [-0.15, -0.1) is 23.1 Å². The number of para-hydroxylation sites is 1. The molecule has 2 aromatic carbocycles. The van der Waals surface area contributed by atoms with Crippen LogP contribution in [0.5, 0.6) is 0 Å². The predicted molar refractivity (Wildman–Crippen MR) is 162 cm³/mol. The molecule has 2 aliphatic heterocycles. The molecule has 2 atom stereocenters. The molecule has 0 bridgehead atoms. The third kappa shape index (κ3) is 5.31. The molecule has 2 aromatic heterocycles. The number of thioether (sulfide) groups is 1. The molecule has 0 radical (unpaired) electrons. The normalized spacial score (nSPS) is 18.9. The highest BCUT2D eigenvalue weighted by Gasteiger charge is 2.38. The standard InChI is InChI=1S/C30H29ClN4O3S2/c1-19-8-2-5-12-23(19)35-30-27(28(33-35)24-13-7-15-39-24)29(21-10-3-4-11-22(21)31)40-18-26(37)34(30)17-25(36)32-16-20-9-6-14-38-20/h2-5,7-8,10-13,15,20,29H,6,9,14,16-18H2,1H3,(H,32,36)/t20-,29+/m1/s1. The fraction of sp³-hybridized carbons (Fsp3) is 0.300. The Balaban J connectivity index is 1.52. The van der Waals surface area contributed by atoms with Crippen LogP contribution in [-0.2, 0) is 14.3 Å². The van der Waals surface area contributed by atoms with Gasteiger partial charge >= 0.3 is 0 Å². The molecule has 4 aromatic rings. The van der Waals surface area contributed by atoms with Crippen LogP contribution in [0.25, 0.3) is 16.3 Å². The van der Waals surface area contributed by atoms with Gasteiger partial charge in [0.25, 0.3) is 0 Å². The Morgan fingerprint density at radius 2 is 1.98 bits per heavy atom. The first-order chi connectivity index (χ1) is 19.5. The highest BCUT2D eigenvalue weighted by Crippen LogP contribution is 2.50. The van der Waals surface area contributed by atoms with Gasteiger partial charge in [-0.1, -0.05) is 54.1 Å². The zero-order chi connectivity index (χ0) is 27.6. The zero-order valence-corrected chi connectivity index (χ0v) is 24.4. The molecular formula is C30H29ClN4O3S2. The van der Waals surface area contributed by atoms with Crippen LogP contribution < -0.4 is 10.2 Å². The van der Waals surface area contributed by atoms with Crippen molar-refractivity contribution in [3.63, 3.8) is 0 Å². The van der Waals surface area contributed by atoms with Crippen molar-refractivity contribution in [2.45, 2.75) is 31.1 Å². The second-order valence-corrected chi connectivity index (χ2v) is 12.3. The molecule has 2 amide bonds. The van der Waals surface area contributed by atoms with Crippen LogP contribution in [0.4, 0.5) is 5.82 Å². The van der Waals surface area contributed by atoms with Crippen molar-refractivity contribution in [1.29, 1.82) is 0 Å². The van der Waals surface area contributed by atoms with Crippen molar-refractivity contribution in [1.82, 2.24) is 15.1 Å². The highest BCUT2D eigenvalue weighted by atomic mass is 35.5. The molecule has 0 aliphatic carbocycles. The molecule has 40 heavy (non-hydrogen) atoms. The monoisotopic (exact) mass is 592 g/mol. The zero-order valence-electron chi connectivity index (χ0n) is 22.0. The molecule has 4 heterocycles. The van der Waals surface area contributed by atoms with Gasteiger partial charge < -0.3 is 10.1 Å². The van der Waals surface area contributed by atoms with Crippen LogP contribution in [0.15, 0.2) is 66.0 Å². The Kier molecular flexibility index (Phi) is 7.98. The molecule has 0 spiro atoms. The lowest BCUT2D eigenvalue weighted by atomic mass is 10.0. The molecule has 10 heteroatoms. The summed E-state index contributed by atoms with van der Waals surface area (Å²) in [6.07, 6.45) is 1.94. The molecule has 2 aliphatic rings. The minimum Gasteiger partial charge on any atom is -0.376 e. The number of hydrogen-bond donors (Lipinski definition) is 1. The van der Waals surface area contributed by atoms with Crippen molar-refractivity contribution >= 4 is 52.3 Å². The minimum absolute atomic E-state index is 0.0161. The van der Waals surface area contributed by atoms with Crippen LogP contribution in [0.3, 0.4) is 0 Å². The molecule has 1 N–H and O–H groups in total. The first-order valence-electron chi connectivity index (χ1n) is 13.3. The van der Waals surface area contributed by atoms with Crippen LogP contribution in [0.2, 0.25) is 5.02 Å². The molecule has 0 saturated carbocycles. The number of aromatic nitrogens is 2. The first kappa shape index (κ1) is 27.1. The average Bonchev–Trinajstić information content (AvgIpc) is 3.72. The van der Waals surface area contributed by atoms with E-state index >= 15 is 0 Å². The Morgan fingerprint density at radius 1 is 1.15 bits per heavy atom. The molecule has 7 nitrogen and oxygen atoms in total. The van der Waals surface area contributed by atoms with E-state index in [0.717, 1.165) is 52.4 Å². The number of benzene rings is 2. The number of amides is 2. The number of carbonyl (C=O) groups is 2. The molecule has 1 saturated heterocycles. The number of anilines is 1. The van der Waals surface area contributed by atoms with Crippen LogP contribution >= 0.6 is 34.7 Å². The maximum Gasteiger partial charge on any atom is 0.240 e. The minimum atomic E-state index is -0.262. The summed E-state index contributed by atoms with van der Waals surface area (Å²) in [5.74, 6) is 0.415. The van der Waals surface area contributed by atoms with Gasteiger partial charge in [-0.05, 0) is 54.5 Å². The number of aryl methyl sites for hydroxylation is 1. The Bertz CT molecular complexity index is 1530. The van der Waals surface area contributed by atoms with E-state index in [0.29, 0.717) is 17.4 Å². The Morgan fingerprint density at radius 3 is 2.73 bits per heavy atom. The van der Waals surface area contributed by atoms with Gasteiger partial charge in [0, 0.05) is 23.7 Å². The highest BCUT2D eigenvalue weighted by molar-refractivity contribution is 8.00. The van der Waals surface area contributed by atoms with Gasteiger partial charge in [0.2, 0.25) is 11.8 Å². The number of thiophene rings is 1. The van der Waals surface area contributed by atoms with Crippen LogP contribution in [-0.4, -0.2) is 53.1 Å². The van der Waals surface area contributed by atoms with Gasteiger partial charge in [-0.25, -0.2) is 4.68 Å². The largest absolute Gasteiger partial charge is 0.376 e. The summed E-state index contributed by atoms with van der Waals surface area (Å²) in [7, 11) is 0. The topological polar surface area (TPSA) is 76.5 Å². The van der Waals surface area contributed by atoms with E-state index in [1.807, 2.05) is 77.6 Å². The maximum atomic E-state index is 13.8. The van der Waals surface area contributed by atoms with Crippen molar-refractivity contribution in [3.8, 4) is 16.3 Å². The number of nitrogens with one attached hydrogen (secondary N) is 1. The second kappa shape index (κ2) is 11.8. The van der Waals surface area contributed by atoms with E-state index in [4.69, 9.17) is 21.4 Å². The van der Waals surface area contributed by atoms with E-state index in [9.17, 15) is 9.59 Å². The lowest BCUT2D eigenvalue weighted by molar-refractivity contribution is -0.123. The third-order valence-corrected chi connectivity index (χ3v) is 9.68. The Hall–Kier alpha value is -3.11. The fourth-order valence-electron chi connectivity index (χ4n) is 5.25. The van der Waals surface area contributed by atoms with E-state index in [-0.39, 0.29) is 35.5 Å². The average molecular weight is 593 g/mol. The summed E-state index contributed by atoms with van der Waals surface area (Å²) >= 11 is 9.86. The lowest BCUT2D eigenvalue weighted by Crippen LogP contribution is -2.44. The fourth-order valence-corrected chi connectivity index (χ4v) is 7.52. The smallest absolute Gasteiger partial charge is 0.240 e. The first-order valence-corrected chi connectivity index (χ1v) is 15.6. The van der Waals surface area contributed by atoms with Crippen molar-refractivity contribution < 1.29 is 14.3 Å². The van der Waals surface area contributed by atoms with Crippen molar-refractivity contribution in [2.75, 3.05) is 30.3 Å². The summed E-state index contributed by atoms with van der Waals surface area (Å²) in [5, 5.41) is 10.5. The summed E-state index contributed by atoms with van der Waals surface area (Å²) in [4.78, 5) is 29.7. The van der Waals surface area contributed by atoms with Crippen molar-refractivity contribution in [2.24, 2.45) is 0 Å². The van der Waals surface area contributed by atoms with Crippen molar-refractivity contribution in [3.05, 3.63) is 87.8 Å². The van der Waals surface area contributed by atoms with E-state index in [1.165, 1.54) is 11.8 Å². The van der Waals surface area contributed by atoms with Gasteiger partial charge in [-0.2, -0.15) is 5.10 Å².